The summed E-state index contributed by atoms with van der Waals surface area (Å²) in [6, 6.07) is 8.15. The highest BCUT2D eigenvalue weighted by molar-refractivity contribution is 6.18. The zero-order chi connectivity index (χ0) is 14.8. The maximum atomic E-state index is 6.08. The van der Waals surface area contributed by atoms with E-state index in [0.29, 0.717) is 17.7 Å². The Morgan fingerprint density at radius 1 is 1.10 bits per heavy atom. The van der Waals surface area contributed by atoms with Crippen LogP contribution in [0.4, 0.5) is 0 Å². The van der Waals surface area contributed by atoms with E-state index in [1.807, 2.05) is 18.2 Å². The van der Waals surface area contributed by atoms with Gasteiger partial charge in [0.2, 0.25) is 0 Å². The molecule has 0 aliphatic carbocycles. The predicted molar refractivity (Wildman–Crippen MR) is 85.8 cm³/mol. The zero-order valence-electron chi connectivity index (χ0n) is 12.9. The van der Waals surface area contributed by atoms with Crippen molar-refractivity contribution in [2.24, 2.45) is 11.8 Å². The fraction of sp³-hybridized carbons (Fsp3) is 0.647. The number of ether oxygens (including phenoxy) is 2. The van der Waals surface area contributed by atoms with Crippen molar-refractivity contribution in [1.29, 1.82) is 0 Å². The van der Waals surface area contributed by atoms with Crippen LogP contribution in [0.25, 0.3) is 0 Å². The van der Waals surface area contributed by atoms with Gasteiger partial charge in [0.15, 0.2) is 0 Å². The summed E-state index contributed by atoms with van der Waals surface area (Å²) in [6.07, 6.45) is 3.07. The van der Waals surface area contributed by atoms with Gasteiger partial charge in [0.05, 0.1) is 7.11 Å². The van der Waals surface area contributed by atoms with E-state index in [4.69, 9.17) is 21.1 Å². The lowest BCUT2D eigenvalue weighted by Gasteiger charge is -2.16. The van der Waals surface area contributed by atoms with Crippen molar-refractivity contribution in [2.75, 3.05) is 26.2 Å². The summed E-state index contributed by atoms with van der Waals surface area (Å²) >= 11 is 6.08. The predicted octanol–water partition coefficient (Wildman–Crippen LogP) is 4.55. The minimum absolute atomic E-state index is 0.437. The fourth-order valence-electron chi connectivity index (χ4n) is 2.09. The number of alkyl halides is 1. The first-order valence-corrected chi connectivity index (χ1v) is 7.96. The molecule has 0 N–H and O–H groups in total. The Kier molecular flexibility index (Phi) is 8.72. The fourth-order valence-corrected chi connectivity index (χ4v) is 2.35. The zero-order valence-corrected chi connectivity index (χ0v) is 13.7. The van der Waals surface area contributed by atoms with Crippen LogP contribution in [0.5, 0.6) is 5.75 Å². The number of methoxy groups -OCH3 is 1. The Morgan fingerprint density at radius 2 is 1.80 bits per heavy atom. The molecule has 0 aromatic heterocycles. The standard InChI is InChI=1S/C17H27ClO2/c1-14(2)8-10-20-11-9-15(13-18)12-16-6-4-5-7-17(16)19-3/h4-7,14-15H,8-13H2,1-3H3. The molecule has 0 heterocycles. The van der Waals surface area contributed by atoms with E-state index in [-0.39, 0.29) is 0 Å². The van der Waals surface area contributed by atoms with Crippen molar-refractivity contribution in [3.8, 4) is 5.75 Å². The maximum Gasteiger partial charge on any atom is 0.122 e. The highest BCUT2D eigenvalue weighted by Crippen LogP contribution is 2.23. The van der Waals surface area contributed by atoms with Gasteiger partial charge < -0.3 is 9.47 Å². The smallest absolute Gasteiger partial charge is 0.122 e. The average molecular weight is 299 g/mol. The molecule has 1 atom stereocenters. The molecule has 1 unspecified atom stereocenters. The van der Waals surface area contributed by atoms with Gasteiger partial charge in [-0.25, -0.2) is 0 Å². The summed E-state index contributed by atoms with van der Waals surface area (Å²) < 4.78 is 11.1. The lowest BCUT2D eigenvalue weighted by Crippen LogP contribution is -2.12. The van der Waals surface area contributed by atoms with Crippen molar-refractivity contribution >= 4 is 11.6 Å². The lowest BCUT2D eigenvalue weighted by atomic mass is 9.97. The molecule has 0 aliphatic rings. The van der Waals surface area contributed by atoms with E-state index >= 15 is 0 Å². The maximum absolute atomic E-state index is 6.08. The van der Waals surface area contributed by atoms with Gasteiger partial charge in [-0.3, -0.25) is 0 Å². The molecule has 0 fully saturated rings. The van der Waals surface area contributed by atoms with Gasteiger partial charge in [-0.15, -0.1) is 11.6 Å². The van der Waals surface area contributed by atoms with Crippen LogP contribution in [-0.4, -0.2) is 26.2 Å². The second-order valence-electron chi connectivity index (χ2n) is 5.62. The minimum Gasteiger partial charge on any atom is -0.496 e. The van der Waals surface area contributed by atoms with E-state index < -0.39 is 0 Å². The van der Waals surface area contributed by atoms with Crippen LogP contribution in [-0.2, 0) is 11.2 Å². The van der Waals surface area contributed by atoms with Crippen LogP contribution in [0.1, 0.15) is 32.3 Å². The van der Waals surface area contributed by atoms with Gasteiger partial charge in [-0.2, -0.15) is 0 Å². The number of hydrogen-bond donors (Lipinski definition) is 0. The molecular weight excluding hydrogens is 272 g/mol. The van der Waals surface area contributed by atoms with E-state index in [2.05, 4.69) is 19.9 Å². The van der Waals surface area contributed by atoms with E-state index in [1.54, 1.807) is 7.11 Å². The summed E-state index contributed by atoms with van der Waals surface area (Å²) in [7, 11) is 1.71. The number of halogens is 1. The van der Waals surface area contributed by atoms with Crippen molar-refractivity contribution in [2.45, 2.75) is 33.1 Å². The topological polar surface area (TPSA) is 18.5 Å². The summed E-state index contributed by atoms with van der Waals surface area (Å²) in [5.41, 5.74) is 1.22. The van der Waals surface area contributed by atoms with Gasteiger partial charge in [0.1, 0.15) is 5.75 Å². The van der Waals surface area contributed by atoms with Crippen molar-refractivity contribution < 1.29 is 9.47 Å². The Bertz CT molecular complexity index is 366. The molecule has 0 saturated heterocycles. The summed E-state index contributed by atoms with van der Waals surface area (Å²) in [5, 5.41) is 0. The van der Waals surface area contributed by atoms with Crippen molar-refractivity contribution in [1.82, 2.24) is 0 Å². The third kappa shape index (κ3) is 6.62. The molecule has 1 rings (SSSR count). The normalized spacial score (nSPS) is 12.7. The lowest BCUT2D eigenvalue weighted by molar-refractivity contribution is 0.112. The molecule has 0 amide bonds. The van der Waals surface area contributed by atoms with Gasteiger partial charge in [-0.05, 0) is 42.7 Å². The molecule has 1 aromatic rings. The quantitative estimate of drug-likeness (QED) is 0.466. The molecule has 20 heavy (non-hydrogen) atoms. The summed E-state index contributed by atoms with van der Waals surface area (Å²) in [6.45, 7) is 6.07. The van der Waals surface area contributed by atoms with Gasteiger partial charge in [-0.1, -0.05) is 32.0 Å². The number of para-hydroxylation sites is 1. The van der Waals surface area contributed by atoms with Crippen molar-refractivity contribution in [3.63, 3.8) is 0 Å². The Balaban J connectivity index is 2.35. The minimum atomic E-state index is 0.437. The van der Waals surface area contributed by atoms with Crippen LogP contribution >= 0.6 is 11.6 Å². The van der Waals surface area contributed by atoms with Crippen LogP contribution in [0.2, 0.25) is 0 Å². The first-order valence-electron chi connectivity index (χ1n) is 7.43. The van der Waals surface area contributed by atoms with E-state index in [1.165, 1.54) is 5.56 Å². The third-order valence-corrected chi connectivity index (χ3v) is 3.87. The van der Waals surface area contributed by atoms with E-state index in [9.17, 15) is 0 Å². The highest BCUT2D eigenvalue weighted by Gasteiger charge is 2.11. The molecule has 0 radical (unpaired) electrons. The molecule has 0 spiro atoms. The Morgan fingerprint density at radius 3 is 2.45 bits per heavy atom. The molecule has 2 nitrogen and oxygen atoms in total. The van der Waals surface area contributed by atoms with Crippen LogP contribution < -0.4 is 4.74 Å². The Labute approximate surface area is 128 Å². The van der Waals surface area contributed by atoms with Crippen LogP contribution in [0.15, 0.2) is 24.3 Å². The number of hydrogen-bond acceptors (Lipinski definition) is 2. The number of benzene rings is 1. The van der Waals surface area contributed by atoms with Gasteiger partial charge in [0, 0.05) is 19.1 Å². The second-order valence-corrected chi connectivity index (χ2v) is 5.93. The summed E-state index contributed by atoms with van der Waals surface area (Å²) in [5.74, 6) is 2.74. The third-order valence-electron chi connectivity index (χ3n) is 3.43. The highest BCUT2D eigenvalue weighted by atomic mass is 35.5. The molecular formula is C17H27ClO2. The van der Waals surface area contributed by atoms with Crippen LogP contribution in [0, 0.1) is 11.8 Å². The second kappa shape index (κ2) is 10.1. The molecule has 114 valence electrons. The van der Waals surface area contributed by atoms with Crippen LogP contribution in [0.3, 0.4) is 0 Å². The van der Waals surface area contributed by atoms with Gasteiger partial charge >= 0.3 is 0 Å². The largest absolute Gasteiger partial charge is 0.496 e. The molecule has 0 aliphatic heterocycles. The number of rotatable bonds is 10. The first-order chi connectivity index (χ1) is 9.67. The first kappa shape index (κ1) is 17.3. The molecule has 1 aromatic carbocycles. The van der Waals surface area contributed by atoms with Gasteiger partial charge in [0.25, 0.3) is 0 Å². The average Bonchev–Trinajstić information content (AvgIpc) is 2.45. The monoisotopic (exact) mass is 298 g/mol. The molecule has 3 heteroatoms. The summed E-state index contributed by atoms with van der Waals surface area (Å²) in [4.78, 5) is 0. The van der Waals surface area contributed by atoms with E-state index in [0.717, 1.165) is 38.2 Å². The Hall–Kier alpha value is -0.730. The van der Waals surface area contributed by atoms with Crippen molar-refractivity contribution in [3.05, 3.63) is 29.8 Å². The SMILES string of the molecule is COc1ccccc1CC(CCl)CCOCCC(C)C. The molecule has 0 saturated carbocycles. The molecule has 0 bridgehead atoms.